The highest BCUT2D eigenvalue weighted by atomic mass is 32.2. The first-order valence-corrected chi connectivity index (χ1v) is 28.2. The molecule has 67 heavy (non-hydrogen) atoms. The molecule has 0 radical (unpaired) electrons. The van der Waals surface area contributed by atoms with Crippen molar-refractivity contribution >= 4 is 37.5 Å². The molecule has 0 saturated heterocycles. The van der Waals surface area contributed by atoms with E-state index in [0.717, 1.165) is 32.1 Å². The van der Waals surface area contributed by atoms with Gasteiger partial charge in [-0.25, -0.2) is 4.57 Å². The zero-order chi connectivity index (χ0) is 49.5. The number of aliphatic carboxylic acids is 1. The zero-order valence-corrected chi connectivity index (χ0v) is 43.2. The number of aliphatic hydroxyl groups is 1. The van der Waals surface area contributed by atoms with Crippen LogP contribution in [0.4, 0.5) is 0 Å². The Morgan fingerprint density at radius 1 is 0.657 bits per heavy atom. The highest BCUT2D eigenvalue weighted by molar-refractivity contribution is 8.00. The first-order valence-electron chi connectivity index (χ1n) is 25.7. The van der Waals surface area contributed by atoms with Gasteiger partial charge in [-0.15, -0.1) is 11.8 Å². The molecule has 0 heterocycles. The van der Waals surface area contributed by atoms with E-state index in [-0.39, 0.29) is 44.6 Å². The van der Waals surface area contributed by atoms with E-state index in [9.17, 15) is 28.9 Å². The van der Waals surface area contributed by atoms with Crippen molar-refractivity contribution < 1.29 is 52.6 Å². The molecule has 0 aromatic rings. The van der Waals surface area contributed by atoms with Gasteiger partial charge in [-0.05, 0) is 64.2 Å². The van der Waals surface area contributed by atoms with Gasteiger partial charge < -0.3 is 36.0 Å². The van der Waals surface area contributed by atoms with Gasteiger partial charge in [0.2, 0.25) is 0 Å². The molecule has 0 fully saturated rings. The van der Waals surface area contributed by atoms with Crippen LogP contribution in [0.25, 0.3) is 0 Å². The van der Waals surface area contributed by atoms with Gasteiger partial charge >= 0.3 is 25.7 Å². The quantitative estimate of drug-likeness (QED) is 0.0126. The summed E-state index contributed by atoms with van der Waals surface area (Å²) < 4.78 is 33.0. The summed E-state index contributed by atoms with van der Waals surface area (Å²) in [5, 5.41) is 19.5. The second-order valence-electron chi connectivity index (χ2n) is 17.2. The predicted molar refractivity (Wildman–Crippen MR) is 276 cm³/mol. The fourth-order valence-electron chi connectivity index (χ4n) is 6.89. The third-order valence-electron chi connectivity index (χ3n) is 10.9. The maximum Gasteiger partial charge on any atom is 0.472 e. The number of esters is 2. The molecule has 0 bridgehead atoms. The highest BCUT2D eigenvalue weighted by Crippen LogP contribution is 2.43. The molecule has 0 rings (SSSR count). The van der Waals surface area contributed by atoms with E-state index in [0.29, 0.717) is 6.42 Å². The van der Waals surface area contributed by atoms with Gasteiger partial charge in [0.1, 0.15) is 12.6 Å². The molecule has 7 N–H and O–H groups in total. The Kier molecular flexibility index (Phi) is 45.3. The maximum atomic E-state index is 13.0. The van der Waals surface area contributed by atoms with E-state index in [1.807, 2.05) is 24.3 Å². The molecular weight excluding hydrogens is 892 g/mol. The average molecular weight is 985 g/mol. The van der Waals surface area contributed by atoms with E-state index < -0.39 is 62.4 Å². The number of hydrogen-bond acceptors (Lipinski definition) is 12. The lowest BCUT2D eigenvalue weighted by Crippen LogP contribution is -2.38. The van der Waals surface area contributed by atoms with Crippen molar-refractivity contribution in [2.75, 3.05) is 32.1 Å². The number of aliphatic hydroxyl groups excluding tert-OH is 1. The van der Waals surface area contributed by atoms with Crippen LogP contribution in [0.2, 0.25) is 0 Å². The molecule has 0 amide bonds. The summed E-state index contributed by atoms with van der Waals surface area (Å²) in [6.07, 6.45) is 47.1. The SMILES string of the molecule is CCCCC/C=C\C\C=C/C=C/C=C/[C@@H](SC[C@H](N)C(=O)OC[C@H](COP(=O)(O)OCCN)OC(=O)CCCCCCCCCCCCC/C=C\CCCCCCCC)[C@@H](O)CCCC(=O)O. The normalized spacial score (nSPS) is 15.0. The van der Waals surface area contributed by atoms with Crippen LogP contribution in [0.15, 0.2) is 60.8 Å². The molecular formula is C52H93N2O11PS. The second kappa shape index (κ2) is 47.1. The van der Waals surface area contributed by atoms with Gasteiger partial charge in [0.25, 0.3) is 0 Å². The van der Waals surface area contributed by atoms with Gasteiger partial charge in [-0.2, -0.15) is 0 Å². The van der Waals surface area contributed by atoms with Gasteiger partial charge in [-0.1, -0.05) is 177 Å². The van der Waals surface area contributed by atoms with Crippen molar-refractivity contribution in [2.45, 2.75) is 217 Å². The number of nitrogens with two attached hydrogens (primary N) is 2. The van der Waals surface area contributed by atoms with Crippen molar-refractivity contribution in [3.05, 3.63) is 60.8 Å². The molecule has 0 saturated carbocycles. The number of carbonyl (C=O) groups is 3. The van der Waals surface area contributed by atoms with Crippen LogP contribution in [0.3, 0.4) is 0 Å². The Morgan fingerprint density at radius 3 is 1.79 bits per heavy atom. The van der Waals surface area contributed by atoms with Crippen molar-refractivity contribution in [3.63, 3.8) is 0 Å². The van der Waals surface area contributed by atoms with Crippen LogP contribution < -0.4 is 11.5 Å². The lowest BCUT2D eigenvalue weighted by atomic mass is 10.0. The molecule has 0 aliphatic rings. The standard InChI is InChI=1S/C52H93N2O11PS/c1-3-5-7-9-11-13-15-17-18-19-20-21-22-23-24-25-27-29-31-33-35-40-51(58)65-46(44-64-66(60,61)63-42-41-53)43-62-52(59)47(54)45-67-49(48(55)37-36-39-50(56)57)38-34-32-30-28-26-16-14-12-10-8-6-4-2/h12,14,17-18,26,28,30,32,34,38,46-49,55H,3-11,13,15-16,19-25,27,29,31,33,35-37,39-45,53-54H2,1-2H3,(H,56,57)(H,60,61)/b14-12-,18-17-,28-26-,32-30+,38-34+/t46-,47+,48+,49-/m1/s1. The van der Waals surface area contributed by atoms with Gasteiger partial charge in [0, 0.05) is 30.4 Å². The Labute approximate surface area is 410 Å². The van der Waals surface area contributed by atoms with E-state index in [2.05, 4.69) is 38.2 Å². The molecule has 0 aromatic heterocycles. The summed E-state index contributed by atoms with van der Waals surface area (Å²) in [6, 6.07) is -1.13. The molecule has 0 aromatic carbocycles. The number of ether oxygens (including phenoxy) is 2. The lowest BCUT2D eigenvalue weighted by Gasteiger charge is -2.22. The monoisotopic (exact) mass is 985 g/mol. The maximum absolute atomic E-state index is 13.0. The minimum atomic E-state index is -4.52. The predicted octanol–water partition coefficient (Wildman–Crippen LogP) is 12.2. The van der Waals surface area contributed by atoms with E-state index in [4.69, 9.17) is 35.1 Å². The molecule has 13 nitrogen and oxygen atoms in total. The van der Waals surface area contributed by atoms with Crippen molar-refractivity contribution in [1.29, 1.82) is 0 Å². The smallest absolute Gasteiger partial charge is 0.472 e. The van der Waals surface area contributed by atoms with Crippen LogP contribution in [0, 0.1) is 0 Å². The average Bonchev–Trinajstić information content (AvgIpc) is 3.30. The molecule has 0 aliphatic heterocycles. The molecule has 388 valence electrons. The molecule has 5 atom stereocenters. The number of carbonyl (C=O) groups excluding carboxylic acids is 2. The summed E-state index contributed by atoms with van der Waals surface area (Å²) in [5.41, 5.74) is 11.6. The first-order chi connectivity index (χ1) is 32.4. The van der Waals surface area contributed by atoms with Crippen LogP contribution in [-0.4, -0.2) is 88.6 Å². The summed E-state index contributed by atoms with van der Waals surface area (Å²) >= 11 is 1.22. The summed E-state index contributed by atoms with van der Waals surface area (Å²) in [5.74, 6) is -2.27. The van der Waals surface area contributed by atoms with E-state index in [1.54, 1.807) is 12.2 Å². The number of carboxylic acid groups (broad SMARTS) is 1. The van der Waals surface area contributed by atoms with Crippen LogP contribution in [-0.2, 0) is 37.5 Å². The molecule has 0 aliphatic carbocycles. The number of phosphoric acid groups is 1. The Hall–Kier alpha value is -2.55. The summed E-state index contributed by atoms with van der Waals surface area (Å²) in [6.45, 7) is 3.14. The number of rotatable bonds is 48. The lowest BCUT2D eigenvalue weighted by molar-refractivity contribution is -0.161. The number of thioether (sulfide) groups is 1. The fraction of sp³-hybridized carbons (Fsp3) is 0.750. The van der Waals surface area contributed by atoms with Crippen LogP contribution in [0.5, 0.6) is 0 Å². The van der Waals surface area contributed by atoms with Crippen molar-refractivity contribution in [1.82, 2.24) is 0 Å². The van der Waals surface area contributed by atoms with Gasteiger partial charge in [0.05, 0.1) is 19.3 Å². The largest absolute Gasteiger partial charge is 0.481 e. The van der Waals surface area contributed by atoms with E-state index >= 15 is 0 Å². The fourth-order valence-corrected chi connectivity index (χ4v) is 8.79. The number of phosphoric ester groups is 1. The zero-order valence-electron chi connectivity index (χ0n) is 41.5. The number of unbranched alkanes of at least 4 members (excludes halogenated alkanes) is 20. The number of carboxylic acids is 1. The third kappa shape index (κ3) is 44.4. The molecule has 0 spiro atoms. The van der Waals surface area contributed by atoms with Crippen molar-refractivity contribution in [2.24, 2.45) is 11.5 Å². The Bertz CT molecular complexity index is 1410. The molecule has 1 unspecified atom stereocenters. The van der Waals surface area contributed by atoms with Crippen LogP contribution in [0.1, 0.15) is 194 Å². The first kappa shape index (κ1) is 64.5. The topological polar surface area (TPSA) is 218 Å². The second-order valence-corrected chi connectivity index (χ2v) is 19.9. The Balaban J connectivity index is 4.83. The Morgan fingerprint density at radius 2 is 1.19 bits per heavy atom. The third-order valence-corrected chi connectivity index (χ3v) is 13.3. The van der Waals surface area contributed by atoms with Crippen molar-refractivity contribution in [3.8, 4) is 0 Å². The molecule has 15 heteroatoms. The minimum Gasteiger partial charge on any atom is -0.481 e. The minimum absolute atomic E-state index is 0.0149. The summed E-state index contributed by atoms with van der Waals surface area (Å²) in [4.78, 5) is 46.9. The van der Waals surface area contributed by atoms with E-state index in [1.165, 1.54) is 127 Å². The highest BCUT2D eigenvalue weighted by Gasteiger charge is 2.27. The number of allylic oxidation sites excluding steroid dienone is 9. The summed E-state index contributed by atoms with van der Waals surface area (Å²) in [7, 11) is -4.52. The van der Waals surface area contributed by atoms with Crippen LogP contribution >= 0.6 is 19.6 Å². The van der Waals surface area contributed by atoms with Gasteiger partial charge in [0.15, 0.2) is 6.10 Å². The number of hydrogen-bond donors (Lipinski definition) is 5. The van der Waals surface area contributed by atoms with Gasteiger partial charge in [-0.3, -0.25) is 23.4 Å².